The third kappa shape index (κ3) is 3.98. The van der Waals surface area contributed by atoms with E-state index < -0.39 is 11.5 Å². The van der Waals surface area contributed by atoms with Gasteiger partial charge in [-0.15, -0.1) is 11.8 Å². The van der Waals surface area contributed by atoms with Crippen LogP contribution >= 0.6 is 11.8 Å². The number of thioether (sulfide) groups is 1. The highest BCUT2D eigenvalue weighted by atomic mass is 32.2. The molecule has 1 aromatic rings. The lowest BCUT2D eigenvalue weighted by molar-refractivity contribution is -0.144. The van der Waals surface area contributed by atoms with E-state index in [0.29, 0.717) is 5.75 Å². The molecule has 1 saturated carbocycles. The molecule has 1 aromatic heterocycles. The number of hydrogen-bond acceptors (Lipinski definition) is 4. The van der Waals surface area contributed by atoms with Gasteiger partial charge >= 0.3 is 5.97 Å². The zero-order chi connectivity index (χ0) is 15.5. The van der Waals surface area contributed by atoms with Crippen molar-refractivity contribution in [2.75, 3.05) is 12.3 Å². The van der Waals surface area contributed by atoms with Crippen LogP contribution in [0, 0.1) is 19.8 Å². The molecular formula is C16H24N2O2S. The fourth-order valence-corrected chi connectivity index (χ4v) is 3.93. The average molecular weight is 308 g/mol. The summed E-state index contributed by atoms with van der Waals surface area (Å²) >= 11 is 1.55. The molecule has 1 aliphatic carbocycles. The maximum absolute atomic E-state index is 11.9. The number of aromatic nitrogens is 1. The molecule has 2 N–H and O–H groups in total. The maximum Gasteiger partial charge on any atom is 0.325 e. The lowest BCUT2D eigenvalue weighted by atomic mass is 9.95. The molecule has 5 heteroatoms. The minimum Gasteiger partial charge on any atom is -0.480 e. The number of aryl methyl sites for hydroxylation is 2. The smallest absolute Gasteiger partial charge is 0.325 e. The molecule has 0 amide bonds. The van der Waals surface area contributed by atoms with Gasteiger partial charge in [0.05, 0.1) is 5.03 Å². The zero-order valence-corrected chi connectivity index (χ0v) is 13.8. The Balaban J connectivity index is 2.12. The van der Waals surface area contributed by atoms with E-state index >= 15 is 0 Å². The summed E-state index contributed by atoms with van der Waals surface area (Å²) in [5.74, 6) is 0.0541. The van der Waals surface area contributed by atoms with Crippen LogP contribution in [0.1, 0.15) is 37.4 Å². The Labute approximate surface area is 130 Å². The summed E-state index contributed by atoms with van der Waals surface area (Å²) in [6.45, 7) is 6.81. The summed E-state index contributed by atoms with van der Waals surface area (Å²) < 4.78 is 0. The van der Waals surface area contributed by atoms with Crippen molar-refractivity contribution in [3.63, 3.8) is 0 Å². The number of carboxylic acid groups (broad SMARTS) is 1. The Morgan fingerprint density at radius 3 is 2.71 bits per heavy atom. The van der Waals surface area contributed by atoms with Crippen molar-refractivity contribution in [3.05, 3.63) is 23.4 Å². The number of rotatable bonds is 8. The van der Waals surface area contributed by atoms with Gasteiger partial charge in [-0.05, 0) is 63.3 Å². The molecule has 21 heavy (non-hydrogen) atoms. The Bertz CT molecular complexity index is 497. The van der Waals surface area contributed by atoms with E-state index in [2.05, 4.69) is 17.2 Å². The second-order valence-corrected chi connectivity index (χ2v) is 6.89. The maximum atomic E-state index is 11.9. The summed E-state index contributed by atoms with van der Waals surface area (Å²) in [5, 5.41) is 14.0. The van der Waals surface area contributed by atoms with E-state index in [1.54, 1.807) is 11.8 Å². The van der Waals surface area contributed by atoms with Gasteiger partial charge in [0.15, 0.2) is 0 Å². The summed E-state index contributed by atoms with van der Waals surface area (Å²) in [4.78, 5) is 16.4. The standard InChI is InChI=1S/C16H24N2O2S/c1-4-7-17-16(15(19)20,13-5-6-13)10-21-14-9-11(2)8-12(3)18-14/h8-9,13,17H,4-7,10H2,1-3H3,(H,19,20). The molecule has 0 spiro atoms. The molecule has 1 heterocycles. The minimum absolute atomic E-state index is 0.250. The van der Waals surface area contributed by atoms with Crippen LogP contribution < -0.4 is 5.32 Å². The SMILES string of the molecule is CCCNC(CSc1cc(C)cc(C)n1)(C(=O)O)C1CC1. The van der Waals surface area contributed by atoms with Crippen molar-refractivity contribution in [3.8, 4) is 0 Å². The highest BCUT2D eigenvalue weighted by Crippen LogP contribution is 2.42. The van der Waals surface area contributed by atoms with Gasteiger partial charge in [-0.25, -0.2) is 4.98 Å². The second-order valence-electron chi connectivity index (χ2n) is 5.89. The first-order valence-electron chi connectivity index (χ1n) is 7.54. The molecule has 1 fully saturated rings. The normalized spacial score (nSPS) is 17.5. The van der Waals surface area contributed by atoms with Gasteiger partial charge in [-0.2, -0.15) is 0 Å². The molecule has 1 unspecified atom stereocenters. The van der Waals surface area contributed by atoms with E-state index in [1.165, 1.54) is 5.56 Å². The lowest BCUT2D eigenvalue weighted by Crippen LogP contribution is -2.56. The van der Waals surface area contributed by atoms with Crippen LogP contribution in [0.5, 0.6) is 0 Å². The highest BCUT2D eigenvalue weighted by Gasteiger charge is 2.50. The number of carboxylic acids is 1. The summed E-state index contributed by atoms with van der Waals surface area (Å²) in [7, 11) is 0. The molecule has 0 radical (unpaired) electrons. The molecule has 1 atom stereocenters. The quantitative estimate of drug-likeness (QED) is 0.723. The molecule has 1 aliphatic rings. The first-order valence-corrected chi connectivity index (χ1v) is 8.53. The number of carbonyl (C=O) groups is 1. The van der Waals surface area contributed by atoms with Crippen LogP contribution in [0.25, 0.3) is 0 Å². The topological polar surface area (TPSA) is 62.2 Å². The average Bonchev–Trinajstić information content (AvgIpc) is 3.22. The molecular weight excluding hydrogens is 284 g/mol. The van der Waals surface area contributed by atoms with Gasteiger partial charge < -0.3 is 10.4 Å². The lowest BCUT2D eigenvalue weighted by Gasteiger charge is -2.30. The molecule has 0 aromatic carbocycles. The molecule has 0 saturated heterocycles. The second kappa shape index (κ2) is 6.79. The van der Waals surface area contributed by atoms with Gasteiger partial charge in [0, 0.05) is 11.4 Å². The number of hydrogen-bond donors (Lipinski definition) is 2. The van der Waals surface area contributed by atoms with Crippen LogP contribution in [-0.2, 0) is 4.79 Å². The predicted molar refractivity (Wildman–Crippen MR) is 85.8 cm³/mol. The Kier molecular flexibility index (Phi) is 5.27. The van der Waals surface area contributed by atoms with Crippen molar-refractivity contribution < 1.29 is 9.90 Å². The largest absolute Gasteiger partial charge is 0.480 e. The van der Waals surface area contributed by atoms with Gasteiger partial charge in [-0.1, -0.05) is 6.92 Å². The molecule has 4 nitrogen and oxygen atoms in total. The van der Waals surface area contributed by atoms with Crippen LogP contribution in [0.15, 0.2) is 17.2 Å². The van der Waals surface area contributed by atoms with Crippen LogP contribution in [0.2, 0.25) is 0 Å². The van der Waals surface area contributed by atoms with E-state index in [1.807, 2.05) is 26.0 Å². The van der Waals surface area contributed by atoms with Crippen LogP contribution in [-0.4, -0.2) is 33.9 Å². The van der Waals surface area contributed by atoms with E-state index in [0.717, 1.165) is 36.5 Å². The fourth-order valence-electron chi connectivity index (χ4n) is 2.62. The van der Waals surface area contributed by atoms with E-state index in [-0.39, 0.29) is 5.92 Å². The molecule has 0 bridgehead atoms. The van der Waals surface area contributed by atoms with Crippen LogP contribution in [0.4, 0.5) is 0 Å². The van der Waals surface area contributed by atoms with Crippen LogP contribution in [0.3, 0.4) is 0 Å². The minimum atomic E-state index is -0.806. The first-order chi connectivity index (χ1) is 9.98. The Morgan fingerprint density at radius 2 is 2.19 bits per heavy atom. The van der Waals surface area contributed by atoms with Gasteiger partial charge in [0.1, 0.15) is 5.54 Å². The summed E-state index contributed by atoms with van der Waals surface area (Å²) in [5.41, 5.74) is 1.34. The fraction of sp³-hybridized carbons (Fsp3) is 0.625. The summed E-state index contributed by atoms with van der Waals surface area (Å²) in [6.07, 6.45) is 2.95. The molecule has 116 valence electrons. The van der Waals surface area contributed by atoms with Crippen molar-refractivity contribution in [1.82, 2.24) is 10.3 Å². The van der Waals surface area contributed by atoms with E-state index in [9.17, 15) is 9.90 Å². The number of aliphatic carboxylic acids is 1. The van der Waals surface area contributed by atoms with Crippen molar-refractivity contribution in [1.29, 1.82) is 0 Å². The Hall–Kier alpha value is -1.07. The zero-order valence-electron chi connectivity index (χ0n) is 13.0. The monoisotopic (exact) mass is 308 g/mol. The number of pyridine rings is 1. The highest BCUT2D eigenvalue weighted by molar-refractivity contribution is 7.99. The van der Waals surface area contributed by atoms with Crippen molar-refractivity contribution >= 4 is 17.7 Å². The first kappa shape index (κ1) is 16.3. The predicted octanol–water partition coefficient (Wildman–Crippen LogP) is 3.02. The van der Waals surface area contributed by atoms with E-state index in [4.69, 9.17) is 0 Å². The van der Waals surface area contributed by atoms with Crippen molar-refractivity contribution in [2.24, 2.45) is 5.92 Å². The van der Waals surface area contributed by atoms with Gasteiger partial charge in [0.25, 0.3) is 0 Å². The van der Waals surface area contributed by atoms with Gasteiger partial charge in [0.2, 0.25) is 0 Å². The third-order valence-corrected chi connectivity index (χ3v) is 4.97. The molecule has 0 aliphatic heterocycles. The van der Waals surface area contributed by atoms with Crippen molar-refractivity contribution in [2.45, 2.75) is 50.6 Å². The third-order valence-electron chi connectivity index (χ3n) is 3.87. The number of nitrogens with zero attached hydrogens (tertiary/aromatic N) is 1. The number of nitrogens with one attached hydrogen (secondary N) is 1. The van der Waals surface area contributed by atoms with Gasteiger partial charge in [-0.3, -0.25) is 4.79 Å². The molecule has 2 rings (SSSR count). The summed E-state index contributed by atoms with van der Waals surface area (Å²) in [6, 6.07) is 4.06. The Morgan fingerprint density at radius 1 is 1.48 bits per heavy atom.